The number of rotatable bonds is 2. The Labute approximate surface area is 180 Å². The zero-order chi connectivity index (χ0) is 22.9. The van der Waals surface area contributed by atoms with Gasteiger partial charge in [0.05, 0.1) is 0 Å². The van der Waals surface area contributed by atoms with E-state index in [0.717, 1.165) is 67.8 Å². The summed E-state index contributed by atoms with van der Waals surface area (Å²) in [5, 5.41) is 18.9. The third-order valence-corrected chi connectivity index (χ3v) is 5.38. The van der Waals surface area contributed by atoms with E-state index in [4.69, 9.17) is 18.9 Å². The van der Waals surface area contributed by atoms with Gasteiger partial charge in [-0.2, -0.15) is 18.2 Å². The van der Waals surface area contributed by atoms with Gasteiger partial charge in [0.25, 0.3) is 5.89 Å². The molecule has 9 nitrogen and oxygen atoms in total. The number of pyridine rings is 1. The van der Waals surface area contributed by atoms with Gasteiger partial charge in [0.1, 0.15) is 5.76 Å². The maximum atomic E-state index is 10.6. The highest BCUT2D eigenvalue weighted by atomic mass is 19.4. The first kappa shape index (κ1) is 21.9. The van der Waals surface area contributed by atoms with E-state index in [1.807, 2.05) is 13.1 Å². The molecule has 2 N–H and O–H groups in total. The lowest BCUT2D eigenvalue weighted by Crippen LogP contribution is -2.24. The Kier molecular flexibility index (Phi) is 5.96. The van der Waals surface area contributed by atoms with Crippen LogP contribution < -0.4 is 5.32 Å². The van der Waals surface area contributed by atoms with E-state index >= 15 is 0 Å². The van der Waals surface area contributed by atoms with E-state index in [1.165, 1.54) is 11.1 Å². The Bertz CT molecular complexity index is 1140. The number of carbonyl (C=O) groups is 1. The van der Waals surface area contributed by atoms with Crippen molar-refractivity contribution >= 4 is 5.97 Å². The lowest BCUT2D eigenvalue weighted by atomic mass is 9.95. The SMILES string of the molecule is Cc1ncc2c(c1-c1noc(-c3noc4c3CCCC4)n1)CCNC2.O=C(O)C(F)(F)F. The Morgan fingerprint density at radius 2 is 1.88 bits per heavy atom. The molecule has 1 aliphatic carbocycles. The molecule has 2 aliphatic rings. The highest BCUT2D eigenvalue weighted by molar-refractivity contribution is 5.73. The number of aliphatic carboxylic acids is 1. The molecule has 5 rings (SSSR count). The molecule has 0 spiro atoms. The van der Waals surface area contributed by atoms with E-state index in [0.29, 0.717) is 17.4 Å². The summed E-state index contributed by atoms with van der Waals surface area (Å²) in [4.78, 5) is 18.1. The van der Waals surface area contributed by atoms with E-state index < -0.39 is 12.1 Å². The summed E-state index contributed by atoms with van der Waals surface area (Å²) < 4.78 is 42.8. The van der Waals surface area contributed by atoms with Gasteiger partial charge in [-0.25, -0.2) is 4.79 Å². The fourth-order valence-electron chi connectivity index (χ4n) is 3.84. The smallest absolute Gasteiger partial charge is 0.475 e. The van der Waals surface area contributed by atoms with Crippen LogP contribution in [0, 0.1) is 6.92 Å². The van der Waals surface area contributed by atoms with Gasteiger partial charge >= 0.3 is 12.1 Å². The maximum absolute atomic E-state index is 10.6. The molecule has 4 heterocycles. The third-order valence-electron chi connectivity index (χ3n) is 5.38. The Morgan fingerprint density at radius 1 is 1.12 bits per heavy atom. The second kappa shape index (κ2) is 8.69. The number of halogens is 3. The van der Waals surface area contributed by atoms with Crippen molar-refractivity contribution in [1.82, 2.24) is 25.6 Å². The molecule has 0 fully saturated rings. The largest absolute Gasteiger partial charge is 0.490 e. The van der Waals surface area contributed by atoms with Crippen molar-refractivity contribution in [3.8, 4) is 23.0 Å². The van der Waals surface area contributed by atoms with Crippen molar-refractivity contribution in [1.29, 1.82) is 0 Å². The summed E-state index contributed by atoms with van der Waals surface area (Å²) in [6.45, 7) is 3.77. The molecule has 170 valence electrons. The van der Waals surface area contributed by atoms with E-state index in [-0.39, 0.29) is 0 Å². The van der Waals surface area contributed by atoms with Crippen molar-refractivity contribution in [2.45, 2.75) is 51.7 Å². The first-order valence-electron chi connectivity index (χ1n) is 10.1. The number of nitrogens with zero attached hydrogens (tertiary/aromatic N) is 4. The van der Waals surface area contributed by atoms with Gasteiger partial charge < -0.3 is 19.5 Å². The van der Waals surface area contributed by atoms with Crippen LogP contribution in [0.2, 0.25) is 0 Å². The molecule has 12 heteroatoms. The van der Waals surface area contributed by atoms with Crippen LogP contribution in [0.1, 0.15) is 41.0 Å². The first-order valence-corrected chi connectivity index (χ1v) is 10.1. The molecule has 0 amide bonds. The number of hydrogen-bond donors (Lipinski definition) is 2. The molecule has 3 aromatic heterocycles. The molecule has 0 radical (unpaired) electrons. The molecule has 0 unspecified atom stereocenters. The number of hydrogen-bond acceptors (Lipinski definition) is 8. The Hall–Kier alpha value is -3.28. The number of fused-ring (bicyclic) bond motifs is 2. The summed E-state index contributed by atoms with van der Waals surface area (Å²) in [7, 11) is 0. The second-order valence-electron chi connectivity index (χ2n) is 7.52. The number of carboxylic acid groups (broad SMARTS) is 1. The average Bonchev–Trinajstić information content (AvgIpc) is 3.40. The van der Waals surface area contributed by atoms with Gasteiger partial charge in [0.15, 0.2) is 5.69 Å². The number of nitrogens with one attached hydrogen (secondary N) is 1. The molecule has 0 atom stereocenters. The van der Waals surface area contributed by atoms with Gasteiger partial charge in [0, 0.05) is 36.0 Å². The predicted octanol–water partition coefficient (Wildman–Crippen LogP) is 3.25. The Morgan fingerprint density at radius 3 is 2.62 bits per heavy atom. The highest BCUT2D eigenvalue weighted by Crippen LogP contribution is 2.33. The molecule has 0 saturated carbocycles. The molecule has 0 bridgehead atoms. The summed E-state index contributed by atoms with van der Waals surface area (Å²) >= 11 is 0. The molecule has 1 aliphatic heterocycles. The van der Waals surface area contributed by atoms with E-state index in [9.17, 15) is 13.2 Å². The van der Waals surface area contributed by atoms with Crippen molar-refractivity contribution in [2.24, 2.45) is 0 Å². The average molecular weight is 451 g/mol. The third kappa shape index (κ3) is 4.35. The second-order valence-corrected chi connectivity index (χ2v) is 7.52. The summed E-state index contributed by atoms with van der Waals surface area (Å²) in [6, 6.07) is 0. The van der Waals surface area contributed by atoms with Crippen LogP contribution in [0.15, 0.2) is 15.2 Å². The zero-order valence-corrected chi connectivity index (χ0v) is 17.1. The fourth-order valence-corrected chi connectivity index (χ4v) is 3.84. The predicted molar refractivity (Wildman–Crippen MR) is 104 cm³/mol. The van der Waals surface area contributed by atoms with Crippen molar-refractivity contribution in [2.75, 3.05) is 6.54 Å². The fraction of sp³-hybridized carbons (Fsp3) is 0.450. The van der Waals surface area contributed by atoms with Gasteiger partial charge in [-0.1, -0.05) is 10.3 Å². The van der Waals surface area contributed by atoms with Crippen LogP contribution in [-0.2, 0) is 30.6 Å². The van der Waals surface area contributed by atoms with Crippen molar-refractivity contribution < 1.29 is 32.1 Å². The standard InChI is InChI=1S/C18H19N5O2.C2HF3O2/c1-10-15(12-6-7-19-8-11(12)9-20-10)17-21-18(25-23-17)16-13-4-2-3-5-14(13)24-22-16;3-2(4,5)1(6)7/h9,19H,2-8H2,1H3;(H,6,7). The van der Waals surface area contributed by atoms with Gasteiger partial charge in [0.2, 0.25) is 5.82 Å². The van der Waals surface area contributed by atoms with Gasteiger partial charge in [-0.15, -0.1) is 0 Å². The number of carboxylic acids is 1. The van der Waals surface area contributed by atoms with E-state index in [2.05, 4.69) is 25.6 Å². The van der Waals surface area contributed by atoms with Crippen LogP contribution >= 0.6 is 0 Å². The lowest BCUT2D eigenvalue weighted by Gasteiger charge is -2.19. The molecule has 0 saturated heterocycles. The van der Waals surface area contributed by atoms with Crippen molar-refractivity contribution in [3.63, 3.8) is 0 Å². The Balaban J connectivity index is 0.000000307. The topological polar surface area (TPSA) is 127 Å². The maximum Gasteiger partial charge on any atom is 0.490 e. The number of aryl methyl sites for hydroxylation is 2. The minimum atomic E-state index is -5.08. The normalized spacial score (nSPS) is 15.4. The minimum Gasteiger partial charge on any atom is -0.475 e. The molecular weight excluding hydrogens is 431 g/mol. The molecule has 32 heavy (non-hydrogen) atoms. The number of alkyl halides is 3. The summed E-state index contributed by atoms with van der Waals surface area (Å²) in [5.41, 5.74) is 6.21. The van der Waals surface area contributed by atoms with Crippen LogP contribution in [0.3, 0.4) is 0 Å². The molecule has 3 aromatic rings. The van der Waals surface area contributed by atoms with Crippen molar-refractivity contribution in [3.05, 3.63) is 34.3 Å². The van der Waals surface area contributed by atoms with Crippen LogP contribution in [0.25, 0.3) is 23.0 Å². The minimum absolute atomic E-state index is 0.438. The molecular formula is C20H20F3N5O4. The molecule has 0 aromatic carbocycles. The van der Waals surface area contributed by atoms with E-state index in [1.54, 1.807) is 0 Å². The lowest BCUT2D eigenvalue weighted by molar-refractivity contribution is -0.192. The summed E-state index contributed by atoms with van der Waals surface area (Å²) in [6.07, 6.45) is 1.98. The van der Waals surface area contributed by atoms with Gasteiger partial charge in [-0.05, 0) is 50.3 Å². The summed E-state index contributed by atoms with van der Waals surface area (Å²) in [5.74, 6) is -0.770. The van der Waals surface area contributed by atoms with Crippen LogP contribution in [-0.4, -0.2) is 44.1 Å². The first-order chi connectivity index (χ1) is 15.3. The quantitative estimate of drug-likeness (QED) is 0.603. The van der Waals surface area contributed by atoms with Gasteiger partial charge in [-0.3, -0.25) is 4.98 Å². The van der Waals surface area contributed by atoms with Crippen LogP contribution in [0.5, 0.6) is 0 Å². The van der Waals surface area contributed by atoms with Crippen LogP contribution in [0.4, 0.5) is 13.2 Å². The monoisotopic (exact) mass is 451 g/mol. The highest BCUT2D eigenvalue weighted by Gasteiger charge is 2.38. The number of aromatic nitrogens is 4. The zero-order valence-electron chi connectivity index (χ0n) is 17.1.